The molecule has 24 heavy (non-hydrogen) atoms. The summed E-state index contributed by atoms with van der Waals surface area (Å²) in [6.45, 7) is 0. The van der Waals surface area contributed by atoms with Crippen LogP contribution in [0.15, 0.2) is 50.2 Å². The highest BCUT2D eigenvalue weighted by atomic mass is 79.9. The molecule has 2 rings (SSSR count). The molecule has 0 aromatic heterocycles. The Morgan fingerprint density at radius 1 is 1.12 bits per heavy atom. The summed E-state index contributed by atoms with van der Waals surface area (Å²) in [7, 11) is -0.971. The quantitative estimate of drug-likeness (QED) is 0.691. The van der Waals surface area contributed by atoms with Crippen LogP contribution in [0.5, 0.6) is 5.75 Å². The molecule has 2 N–H and O–H groups in total. The largest absolute Gasteiger partial charge is 0.497 e. The molecule has 0 bridgehead atoms. The maximum absolute atomic E-state index is 12.7. The van der Waals surface area contributed by atoms with E-state index in [1.165, 1.54) is 32.4 Å². The summed E-state index contributed by atoms with van der Waals surface area (Å²) >= 11 is 6.47. The molecule has 0 radical (unpaired) electrons. The standard InChI is InChI=1S/C15H14Br2N2O4S/c1-18-15(20)11-8-10(23-2)4-6-13(11)19-24(21,22)14-7-9(16)3-5-12(14)17/h3-8,19H,1-2H3,(H,18,20). The first kappa shape index (κ1) is 18.8. The van der Waals surface area contributed by atoms with Crippen molar-refractivity contribution < 1.29 is 17.9 Å². The van der Waals surface area contributed by atoms with Gasteiger partial charge in [0, 0.05) is 16.0 Å². The van der Waals surface area contributed by atoms with E-state index in [0.29, 0.717) is 14.7 Å². The number of nitrogens with one attached hydrogen (secondary N) is 2. The smallest absolute Gasteiger partial charge is 0.263 e. The lowest BCUT2D eigenvalue weighted by molar-refractivity contribution is 0.0963. The predicted octanol–water partition coefficient (Wildman–Crippen LogP) is 3.38. The molecular formula is C15H14Br2N2O4S. The van der Waals surface area contributed by atoms with Crippen LogP contribution in [0, 0.1) is 0 Å². The molecule has 128 valence electrons. The fourth-order valence-electron chi connectivity index (χ4n) is 1.94. The zero-order valence-corrected chi connectivity index (χ0v) is 16.7. The Balaban J connectivity index is 2.50. The van der Waals surface area contributed by atoms with Crippen molar-refractivity contribution in [2.45, 2.75) is 4.90 Å². The lowest BCUT2D eigenvalue weighted by Crippen LogP contribution is -2.22. The molecule has 0 spiro atoms. The minimum Gasteiger partial charge on any atom is -0.497 e. The van der Waals surface area contributed by atoms with E-state index in [4.69, 9.17) is 4.74 Å². The van der Waals surface area contributed by atoms with Crippen LogP contribution in [0.4, 0.5) is 5.69 Å². The van der Waals surface area contributed by atoms with Crippen LogP contribution >= 0.6 is 31.9 Å². The first-order chi connectivity index (χ1) is 11.3. The van der Waals surface area contributed by atoms with Crippen molar-refractivity contribution in [3.05, 3.63) is 50.9 Å². The molecule has 0 aliphatic carbocycles. The molecule has 2 aromatic rings. The number of methoxy groups -OCH3 is 1. The molecule has 6 nitrogen and oxygen atoms in total. The Hall–Kier alpha value is -1.58. The summed E-state index contributed by atoms with van der Waals surface area (Å²) < 4.78 is 33.9. The van der Waals surface area contributed by atoms with E-state index in [1.54, 1.807) is 18.2 Å². The highest BCUT2D eigenvalue weighted by molar-refractivity contribution is 9.11. The fraction of sp³-hybridized carbons (Fsp3) is 0.133. The molecule has 0 heterocycles. The molecule has 0 aliphatic heterocycles. The zero-order valence-electron chi connectivity index (χ0n) is 12.8. The second-order valence-corrected chi connectivity index (χ2v) is 8.09. The third-order valence-electron chi connectivity index (χ3n) is 3.13. The summed E-state index contributed by atoms with van der Waals surface area (Å²) in [6.07, 6.45) is 0. The number of anilines is 1. The van der Waals surface area contributed by atoms with E-state index in [-0.39, 0.29) is 16.1 Å². The van der Waals surface area contributed by atoms with Crippen molar-refractivity contribution in [1.29, 1.82) is 0 Å². The van der Waals surface area contributed by atoms with Gasteiger partial charge >= 0.3 is 0 Å². The molecule has 1 amide bonds. The molecule has 0 unspecified atom stereocenters. The number of amides is 1. The fourth-order valence-corrected chi connectivity index (χ4v) is 4.53. The number of hydrogen-bond donors (Lipinski definition) is 2. The lowest BCUT2D eigenvalue weighted by atomic mass is 10.1. The van der Waals surface area contributed by atoms with Gasteiger partial charge in [-0.3, -0.25) is 9.52 Å². The SMILES string of the molecule is CNC(=O)c1cc(OC)ccc1NS(=O)(=O)c1cc(Br)ccc1Br. The molecule has 0 saturated carbocycles. The van der Waals surface area contributed by atoms with Crippen molar-refractivity contribution in [3.8, 4) is 5.75 Å². The van der Waals surface area contributed by atoms with Gasteiger partial charge in [0.1, 0.15) is 10.6 Å². The van der Waals surface area contributed by atoms with Gasteiger partial charge in [0.25, 0.3) is 15.9 Å². The zero-order chi connectivity index (χ0) is 17.9. The average molecular weight is 478 g/mol. The van der Waals surface area contributed by atoms with Gasteiger partial charge in [-0.1, -0.05) is 15.9 Å². The Kier molecular flexibility index (Phi) is 5.89. The van der Waals surface area contributed by atoms with Crippen LogP contribution in [0.2, 0.25) is 0 Å². The van der Waals surface area contributed by atoms with Crippen LogP contribution in [-0.2, 0) is 10.0 Å². The lowest BCUT2D eigenvalue weighted by Gasteiger charge is -2.14. The van der Waals surface area contributed by atoms with Gasteiger partial charge in [-0.15, -0.1) is 0 Å². The summed E-state index contributed by atoms with van der Waals surface area (Å²) in [4.78, 5) is 12.1. The first-order valence-electron chi connectivity index (χ1n) is 6.66. The average Bonchev–Trinajstić information content (AvgIpc) is 2.56. The van der Waals surface area contributed by atoms with Crippen molar-refractivity contribution >= 4 is 53.5 Å². The molecule has 9 heteroatoms. The number of hydrogen-bond acceptors (Lipinski definition) is 4. The Labute approximate surface area is 156 Å². The van der Waals surface area contributed by atoms with Crippen LogP contribution in [0.1, 0.15) is 10.4 Å². The minimum absolute atomic E-state index is 0.0514. The molecule has 0 atom stereocenters. The van der Waals surface area contributed by atoms with Gasteiger partial charge in [-0.05, 0) is 52.3 Å². The van der Waals surface area contributed by atoms with Gasteiger partial charge < -0.3 is 10.1 Å². The topological polar surface area (TPSA) is 84.5 Å². The van der Waals surface area contributed by atoms with Crippen LogP contribution < -0.4 is 14.8 Å². The highest BCUT2D eigenvalue weighted by Crippen LogP contribution is 2.29. The van der Waals surface area contributed by atoms with Crippen LogP contribution in [-0.4, -0.2) is 28.5 Å². The van der Waals surface area contributed by atoms with Crippen molar-refractivity contribution in [2.75, 3.05) is 18.9 Å². The maximum Gasteiger partial charge on any atom is 0.263 e. The Morgan fingerprint density at radius 2 is 1.83 bits per heavy atom. The van der Waals surface area contributed by atoms with Crippen LogP contribution in [0.3, 0.4) is 0 Å². The number of rotatable bonds is 5. The summed E-state index contributed by atoms with van der Waals surface area (Å²) in [6, 6.07) is 9.31. The number of ether oxygens (including phenoxy) is 1. The molecule has 2 aromatic carbocycles. The van der Waals surface area contributed by atoms with Gasteiger partial charge in [-0.25, -0.2) is 8.42 Å². The number of benzene rings is 2. The van der Waals surface area contributed by atoms with E-state index in [2.05, 4.69) is 41.9 Å². The van der Waals surface area contributed by atoms with E-state index in [0.717, 1.165) is 0 Å². The first-order valence-corrected chi connectivity index (χ1v) is 9.73. The van der Waals surface area contributed by atoms with Crippen LogP contribution in [0.25, 0.3) is 0 Å². The van der Waals surface area contributed by atoms with Gasteiger partial charge in [-0.2, -0.15) is 0 Å². The predicted molar refractivity (Wildman–Crippen MR) is 99.0 cm³/mol. The Bertz CT molecular complexity index is 885. The van der Waals surface area contributed by atoms with Gasteiger partial charge in [0.05, 0.1) is 18.4 Å². The monoisotopic (exact) mass is 476 g/mol. The van der Waals surface area contributed by atoms with E-state index < -0.39 is 15.9 Å². The minimum atomic E-state index is -3.90. The number of sulfonamides is 1. The Morgan fingerprint density at radius 3 is 2.46 bits per heavy atom. The molecular weight excluding hydrogens is 464 g/mol. The maximum atomic E-state index is 12.7. The summed E-state index contributed by atoms with van der Waals surface area (Å²) in [5.74, 6) is 0.0140. The highest BCUT2D eigenvalue weighted by Gasteiger charge is 2.21. The normalized spacial score (nSPS) is 11.0. The second-order valence-electron chi connectivity index (χ2n) is 4.67. The second kappa shape index (κ2) is 7.54. The molecule has 0 fully saturated rings. The van der Waals surface area contributed by atoms with Crippen molar-refractivity contribution in [1.82, 2.24) is 5.32 Å². The third-order valence-corrected chi connectivity index (χ3v) is 5.98. The van der Waals surface area contributed by atoms with Crippen molar-refractivity contribution in [3.63, 3.8) is 0 Å². The van der Waals surface area contributed by atoms with E-state index >= 15 is 0 Å². The molecule has 0 saturated heterocycles. The summed E-state index contributed by atoms with van der Waals surface area (Å²) in [5.41, 5.74) is 0.313. The number of carbonyl (C=O) groups is 1. The van der Waals surface area contributed by atoms with E-state index in [1.807, 2.05) is 0 Å². The number of carbonyl (C=O) groups excluding carboxylic acids is 1. The van der Waals surface area contributed by atoms with E-state index in [9.17, 15) is 13.2 Å². The summed E-state index contributed by atoms with van der Waals surface area (Å²) in [5, 5.41) is 2.47. The van der Waals surface area contributed by atoms with Crippen molar-refractivity contribution in [2.24, 2.45) is 0 Å². The number of halogens is 2. The molecule has 0 aliphatic rings. The third kappa shape index (κ3) is 4.08. The van der Waals surface area contributed by atoms with Gasteiger partial charge in [0.2, 0.25) is 0 Å². The van der Waals surface area contributed by atoms with Gasteiger partial charge in [0.15, 0.2) is 0 Å².